The van der Waals surface area contributed by atoms with Crippen LogP contribution in [-0.4, -0.2) is 28.1 Å². The Morgan fingerprint density at radius 1 is 1.22 bits per heavy atom. The van der Waals surface area contributed by atoms with Gasteiger partial charge in [0, 0.05) is 18.8 Å². The summed E-state index contributed by atoms with van der Waals surface area (Å²) in [5.41, 5.74) is 0.937. The molecule has 0 saturated heterocycles. The third-order valence-corrected chi connectivity index (χ3v) is 2.53. The van der Waals surface area contributed by atoms with Crippen molar-refractivity contribution >= 4 is 17.5 Å². The monoisotopic (exact) mass is 243 g/mol. The number of benzene rings is 1. The van der Waals surface area contributed by atoms with E-state index in [0.29, 0.717) is 11.6 Å². The summed E-state index contributed by atoms with van der Waals surface area (Å²) in [7, 11) is 1.84. The molecule has 1 heterocycles. The number of para-hydroxylation sites is 1. The number of carboxylic acids is 1. The first-order valence-electron chi connectivity index (χ1n) is 5.45. The Labute approximate surface area is 105 Å². The van der Waals surface area contributed by atoms with Gasteiger partial charge in [-0.25, -0.2) is 14.8 Å². The molecule has 2 rings (SSSR count). The van der Waals surface area contributed by atoms with Gasteiger partial charge < -0.3 is 10.0 Å². The van der Waals surface area contributed by atoms with Crippen molar-refractivity contribution < 1.29 is 9.90 Å². The SMILES string of the molecule is Cc1nc(C(=O)O)cc(N(C)c2ccccc2)n1. The van der Waals surface area contributed by atoms with Crippen molar-refractivity contribution in [2.24, 2.45) is 0 Å². The predicted molar refractivity (Wildman–Crippen MR) is 68.2 cm³/mol. The first-order chi connectivity index (χ1) is 8.58. The summed E-state index contributed by atoms with van der Waals surface area (Å²) in [5, 5.41) is 8.98. The standard InChI is InChI=1S/C13H13N3O2/c1-9-14-11(13(17)18)8-12(15-9)16(2)10-6-4-3-5-7-10/h3-8H,1-2H3,(H,17,18). The molecule has 1 N–H and O–H groups in total. The maximum Gasteiger partial charge on any atom is 0.354 e. The number of anilines is 2. The molecule has 92 valence electrons. The Hall–Kier alpha value is -2.43. The van der Waals surface area contributed by atoms with Crippen LogP contribution in [0.25, 0.3) is 0 Å². The maximum absolute atomic E-state index is 11.0. The van der Waals surface area contributed by atoms with Gasteiger partial charge in [0.2, 0.25) is 0 Å². The van der Waals surface area contributed by atoms with Crippen molar-refractivity contribution in [2.45, 2.75) is 6.92 Å². The molecule has 0 fully saturated rings. The Kier molecular flexibility index (Phi) is 3.23. The van der Waals surface area contributed by atoms with E-state index in [4.69, 9.17) is 5.11 Å². The molecule has 1 aromatic carbocycles. The van der Waals surface area contributed by atoms with Crippen LogP contribution in [0.1, 0.15) is 16.3 Å². The van der Waals surface area contributed by atoms with E-state index in [2.05, 4.69) is 9.97 Å². The summed E-state index contributed by atoms with van der Waals surface area (Å²) in [6.07, 6.45) is 0. The molecule has 0 aliphatic carbocycles. The number of hydrogen-bond donors (Lipinski definition) is 1. The van der Waals surface area contributed by atoms with Gasteiger partial charge in [-0.05, 0) is 19.1 Å². The highest BCUT2D eigenvalue weighted by Gasteiger charge is 2.12. The fourth-order valence-electron chi connectivity index (χ4n) is 1.62. The van der Waals surface area contributed by atoms with Crippen LogP contribution >= 0.6 is 0 Å². The van der Waals surface area contributed by atoms with Crippen LogP contribution in [0, 0.1) is 6.92 Å². The maximum atomic E-state index is 11.0. The van der Waals surface area contributed by atoms with Gasteiger partial charge in [-0.3, -0.25) is 0 Å². The zero-order valence-corrected chi connectivity index (χ0v) is 10.2. The highest BCUT2D eigenvalue weighted by Crippen LogP contribution is 2.21. The summed E-state index contributed by atoms with van der Waals surface area (Å²) < 4.78 is 0. The number of aromatic nitrogens is 2. The van der Waals surface area contributed by atoms with Crippen molar-refractivity contribution in [1.82, 2.24) is 9.97 Å². The van der Waals surface area contributed by atoms with Crippen molar-refractivity contribution in [2.75, 3.05) is 11.9 Å². The van der Waals surface area contributed by atoms with Crippen LogP contribution in [0.15, 0.2) is 36.4 Å². The van der Waals surface area contributed by atoms with Crippen LogP contribution in [0.4, 0.5) is 11.5 Å². The van der Waals surface area contributed by atoms with E-state index in [9.17, 15) is 4.79 Å². The summed E-state index contributed by atoms with van der Waals surface area (Å²) in [6.45, 7) is 1.68. The van der Waals surface area contributed by atoms with Gasteiger partial charge >= 0.3 is 5.97 Å². The average molecular weight is 243 g/mol. The first-order valence-corrected chi connectivity index (χ1v) is 5.45. The number of hydrogen-bond acceptors (Lipinski definition) is 4. The van der Waals surface area contributed by atoms with Crippen molar-refractivity contribution in [3.63, 3.8) is 0 Å². The first kappa shape index (κ1) is 12.0. The second-order valence-corrected chi connectivity index (χ2v) is 3.86. The van der Waals surface area contributed by atoms with E-state index in [1.165, 1.54) is 6.07 Å². The highest BCUT2D eigenvalue weighted by molar-refractivity contribution is 5.86. The minimum atomic E-state index is -1.05. The van der Waals surface area contributed by atoms with Gasteiger partial charge in [0.05, 0.1) is 0 Å². The zero-order chi connectivity index (χ0) is 13.1. The molecule has 0 aliphatic rings. The largest absolute Gasteiger partial charge is 0.477 e. The van der Waals surface area contributed by atoms with Gasteiger partial charge in [0.15, 0.2) is 5.69 Å². The molecule has 18 heavy (non-hydrogen) atoms. The van der Waals surface area contributed by atoms with Crippen LogP contribution < -0.4 is 4.90 Å². The number of aryl methyl sites for hydroxylation is 1. The van der Waals surface area contributed by atoms with E-state index in [1.807, 2.05) is 42.3 Å². The summed E-state index contributed by atoms with van der Waals surface area (Å²) in [6, 6.07) is 11.1. The zero-order valence-electron chi connectivity index (χ0n) is 10.2. The number of carbonyl (C=O) groups is 1. The molecule has 0 radical (unpaired) electrons. The molecule has 1 aromatic heterocycles. The minimum absolute atomic E-state index is 0.000260. The molecule has 5 nitrogen and oxygen atoms in total. The fourth-order valence-corrected chi connectivity index (χ4v) is 1.62. The third-order valence-electron chi connectivity index (χ3n) is 2.53. The summed E-state index contributed by atoms with van der Waals surface area (Å²) in [5.74, 6) is -0.0537. The molecule has 0 amide bonds. The van der Waals surface area contributed by atoms with Crippen LogP contribution in [-0.2, 0) is 0 Å². The third kappa shape index (κ3) is 2.45. The van der Waals surface area contributed by atoms with Crippen molar-refractivity contribution in [1.29, 1.82) is 0 Å². The van der Waals surface area contributed by atoms with Crippen molar-refractivity contribution in [3.8, 4) is 0 Å². The molecular weight excluding hydrogens is 230 g/mol. The van der Waals surface area contributed by atoms with Gasteiger partial charge in [-0.1, -0.05) is 18.2 Å². The smallest absolute Gasteiger partial charge is 0.354 e. The normalized spacial score (nSPS) is 10.1. The van der Waals surface area contributed by atoms with Gasteiger partial charge in [-0.15, -0.1) is 0 Å². The molecule has 0 atom stereocenters. The fraction of sp³-hybridized carbons (Fsp3) is 0.154. The quantitative estimate of drug-likeness (QED) is 0.895. The van der Waals surface area contributed by atoms with Gasteiger partial charge in [-0.2, -0.15) is 0 Å². The van der Waals surface area contributed by atoms with Gasteiger partial charge in [0.1, 0.15) is 11.6 Å². The minimum Gasteiger partial charge on any atom is -0.477 e. The molecule has 5 heteroatoms. The lowest BCUT2D eigenvalue weighted by Crippen LogP contribution is -2.14. The second-order valence-electron chi connectivity index (χ2n) is 3.86. The van der Waals surface area contributed by atoms with E-state index < -0.39 is 5.97 Å². The second kappa shape index (κ2) is 4.83. The lowest BCUT2D eigenvalue weighted by atomic mass is 10.3. The van der Waals surface area contributed by atoms with Crippen LogP contribution in [0.5, 0.6) is 0 Å². The highest BCUT2D eigenvalue weighted by atomic mass is 16.4. The number of nitrogens with zero attached hydrogens (tertiary/aromatic N) is 3. The van der Waals surface area contributed by atoms with Gasteiger partial charge in [0.25, 0.3) is 0 Å². The summed E-state index contributed by atoms with van der Waals surface area (Å²) in [4.78, 5) is 20.9. The van der Waals surface area contributed by atoms with E-state index >= 15 is 0 Å². The average Bonchev–Trinajstić information content (AvgIpc) is 2.38. The molecule has 0 bridgehead atoms. The van der Waals surface area contributed by atoms with E-state index in [0.717, 1.165) is 5.69 Å². The lowest BCUT2D eigenvalue weighted by molar-refractivity contribution is 0.0690. The molecule has 0 aliphatic heterocycles. The predicted octanol–water partition coefficient (Wildman–Crippen LogP) is 2.25. The number of aromatic carboxylic acids is 1. The molecule has 0 unspecified atom stereocenters. The Balaban J connectivity index is 2.42. The number of carboxylic acid groups (broad SMARTS) is 1. The Morgan fingerprint density at radius 3 is 2.50 bits per heavy atom. The summed E-state index contributed by atoms with van der Waals surface area (Å²) >= 11 is 0. The molecule has 0 spiro atoms. The molecule has 2 aromatic rings. The van der Waals surface area contributed by atoms with E-state index in [-0.39, 0.29) is 5.69 Å². The Morgan fingerprint density at radius 2 is 1.89 bits per heavy atom. The number of rotatable bonds is 3. The van der Waals surface area contributed by atoms with Crippen LogP contribution in [0.2, 0.25) is 0 Å². The lowest BCUT2D eigenvalue weighted by Gasteiger charge is -2.18. The topological polar surface area (TPSA) is 66.3 Å². The van der Waals surface area contributed by atoms with Crippen molar-refractivity contribution in [3.05, 3.63) is 47.9 Å². The molecular formula is C13H13N3O2. The van der Waals surface area contributed by atoms with Crippen LogP contribution in [0.3, 0.4) is 0 Å². The molecule has 0 saturated carbocycles. The van der Waals surface area contributed by atoms with E-state index in [1.54, 1.807) is 6.92 Å². The Bertz CT molecular complexity index is 570.